The van der Waals surface area contributed by atoms with Gasteiger partial charge < -0.3 is 14.7 Å². The third kappa shape index (κ3) is 3.97. The number of benzene rings is 1. The molecule has 1 aliphatic heterocycles. The van der Waals surface area contributed by atoms with Gasteiger partial charge in [0, 0.05) is 18.8 Å². The van der Waals surface area contributed by atoms with Crippen molar-refractivity contribution >= 4 is 23.5 Å². The molecule has 1 aliphatic rings. The number of ketones is 2. The molecular formula is C18H19NO5. The smallest absolute Gasteiger partial charge is 0.245 e. The predicted molar refractivity (Wildman–Crippen MR) is 88.1 cm³/mol. The van der Waals surface area contributed by atoms with Crippen molar-refractivity contribution in [2.75, 3.05) is 20.3 Å². The molecule has 1 atom stereocenters. The molecule has 0 spiro atoms. The Hall–Kier alpha value is -2.73. The Bertz CT molecular complexity index is 720. The highest BCUT2D eigenvalue weighted by atomic mass is 16.5. The molecule has 0 bridgehead atoms. The van der Waals surface area contributed by atoms with Crippen LogP contribution < -0.4 is 4.74 Å². The van der Waals surface area contributed by atoms with Crippen LogP contribution >= 0.6 is 0 Å². The molecule has 0 fully saturated rings. The molecule has 0 saturated carbocycles. The largest absolute Gasteiger partial charge is 0.491 e. The Morgan fingerprint density at radius 2 is 2.12 bits per heavy atom. The highest BCUT2D eigenvalue weighted by Gasteiger charge is 2.37. The van der Waals surface area contributed by atoms with Gasteiger partial charge in [-0.3, -0.25) is 14.4 Å². The molecule has 1 amide bonds. The van der Waals surface area contributed by atoms with Gasteiger partial charge in [-0.2, -0.15) is 0 Å². The maximum absolute atomic E-state index is 12.3. The maximum Gasteiger partial charge on any atom is 0.245 e. The summed E-state index contributed by atoms with van der Waals surface area (Å²) in [5.41, 5.74) is 1.21. The van der Waals surface area contributed by atoms with Crippen LogP contribution in [0.1, 0.15) is 12.5 Å². The van der Waals surface area contributed by atoms with Gasteiger partial charge in [-0.15, -0.1) is 0 Å². The van der Waals surface area contributed by atoms with Crippen molar-refractivity contribution in [3.05, 3.63) is 47.7 Å². The first-order valence-electron chi connectivity index (χ1n) is 7.49. The van der Waals surface area contributed by atoms with Crippen LogP contribution in [0, 0.1) is 5.92 Å². The van der Waals surface area contributed by atoms with E-state index in [1.165, 1.54) is 30.2 Å². The van der Waals surface area contributed by atoms with Gasteiger partial charge in [-0.25, -0.2) is 0 Å². The standard InChI is InChI=1S/C18H19NO5/c1-12-10-16(22)17(18(23)19(12)2)15(21)7-6-13-4-3-5-14(11-13)24-9-8-20/h3-7,10-11,17,20H,8-9H2,1-2H3/b7-6+. The molecule has 126 valence electrons. The molecule has 6 heteroatoms. The van der Waals surface area contributed by atoms with Crippen molar-refractivity contribution in [2.24, 2.45) is 5.92 Å². The number of hydrogen-bond donors (Lipinski definition) is 1. The number of nitrogens with zero attached hydrogens (tertiary/aromatic N) is 1. The average molecular weight is 329 g/mol. The van der Waals surface area contributed by atoms with Crippen molar-refractivity contribution in [3.8, 4) is 5.75 Å². The number of allylic oxidation sites excluding steroid dienone is 3. The molecule has 0 aliphatic carbocycles. The van der Waals surface area contributed by atoms with E-state index in [1.807, 2.05) is 0 Å². The fourth-order valence-electron chi connectivity index (χ4n) is 2.28. The van der Waals surface area contributed by atoms with Crippen LogP contribution in [0.5, 0.6) is 5.75 Å². The zero-order valence-electron chi connectivity index (χ0n) is 13.6. The third-order valence-corrected chi connectivity index (χ3v) is 3.68. The summed E-state index contributed by atoms with van der Waals surface area (Å²) in [6.07, 6.45) is 4.06. The molecule has 2 rings (SSSR count). The highest BCUT2D eigenvalue weighted by molar-refractivity contribution is 6.26. The monoisotopic (exact) mass is 329 g/mol. The van der Waals surface area contributed by atoms with Crippen LogP contribution in [0.3, 0.4) is 0 Å². The van der Waals surface area contributed by atoms with Crippen molar-refractivity contribution in [3.63, 3.8) is 0 Å². The summed E-state index contributed by atoms with van der Waals surface area (Å²) in [6, 6.07) is 6.93. The van der Waals surface area contributed by atoms with E-state index in [1.54, 1.807) is 31.2 Å². The molecule has 1 N–H and O–H groups in total. The molecular weight excluding hydrogens is 310 g/mol. The van der Waals surface area contributed by atoms with Gasteiger partial charge in [0.1, 0.15) is 12.4 Å². The fraction of sp³-hybridized carbons (Fsp3) is 0.278. The van der Waals surface area contributed by atoms with Crippen molar-refractivity contribution < 1.29 is 24.2 Å². The molecule has 0 aromatic heterocycles. The lowest BCUT2D eigenvalue weighted by Crippen LogP contribution is -2.43. The number of aliphatic hydroxyl groups is 1. The molecule has 0 saturated heterocycles. The predicted octanol–water partition coefficient (Wildman–Crippen LogP) is 1.20. The van der Waals surface area contributed by atoms with E-state index in [0.717, 1.165) is 0 Å². The molecule has 1 heterocycles. The van der Waals surface area contributed by atoms with Crippen LogP contribution in [0.15, 0.2) is 42.1 Å². The van der Waals surface area contributed by atoms with Crippen LogP contribution in [0.4, 0.5) is 0 Å². The Kier molecular flexibility index (Phi) is 5.65. The summed E-state index contributed by atoms with van der Waals surface area (Å²) in [4.78, 5) is 37.7. The normalized spacial score (nSPS) is 18.0. The van der Waals surface area contributed by atoms with E-state index in [-0.39, 0.29) is 13.2 Å². The Labute approximate surface area is 140 Å². The summed E-state index contributed by atoms with van der Waals surface area (Å²) in [5.74, 6) is -2.33. The summed E-state index contributed by atoms with van der Waals surface area (Å²) >= 11 is 0. The number of hydrogen-bond acceptors (Lipinski definition) is 5. The minimum Gasteiger partial charge on any atom is -0.491 e. The highest BCUT2D eigenvalue weighted by Crippen LogP contribution is 2.19. The van der Waals surface area contributed by atoms with Crippen molar-refractivity contribution in [1.29, 1.82) is 0 Å². The van der Waals surface area contributed by atoms with Gasteiger partial charge in [0.05, 0.1) is 6.61 Å². The Morgan fingerprint density at radius 3 is 2.83 bits per heavy atom. The van der Waals surface area contributed by atoms with E-state index in [4.69, 9.17) is 9.84 Å². The second-order valence-corrected chi connectivity index (χ2v) is 5.40. The summed E-state index contributed by atoms with van der Waals surface area (Å²) < 4.78 is 5.29. The number of carbonyl (C=O) groups is 3. The van der Waals surface area contributed by atoms with Crippen LogP contribution in [-0.2, 0) is 14.4 Å². The second kappa shape index (κ2) is 7.70. The SMILES string of the molecule is CC1=CC(=O)C(C(=O)/C=C/c2cccc(OCCO)c2)C(=O)N1C. The van der Waals surface area contributed by atoms with E-state index in [9.17, 15) is 14.4 Å². The average Bonchev–Trinajstić information content (AvgIpc) is 2.56. The zero-order chi connectivity index (χ0) is 17.7. The first-order chi connectivity index (χ1) is 11.4. The van der Waals surface area contributed by atoms with E-state index in [0.29, 0.717) is 17.0 Å². The van der Waals surface area contributed by atoms with Crippen molar-refractivity contribution in [2.45, 2.75) is 6.92 Å². The molecule has 6 nitrogen and oxygen atoms in total. The lowest BCUT2D eigenvalue weighted by Gasteiger charge is -2.25. The van der Waals surface area contributed by atoms with Crippen LogP contribution in [0.2, 0.25) is 0 Å². The van der Waals surface area contributed by atoms with Crippen molar-refractivity contribution in [1.82, 2.24) is 4.90 Å². The van der Waals surface area contributed by atoms with Gasteiger partial charge >= 0.3 is 0 Å². The van der Waals surface area contributed by atoms with Gasteiger partial charge in [0.25, 0.3) is 0 Å². The van der Waals surface area contributed by atoms with Gasteiger partial charge in [-0.1, -0.05) is 18.2 Å². The topological polar surface area (TPSA) is 83.9 Å². The molecule has 1 aromatic carbocycles. The Balaban J connectivity index is 2.13. The number of aliphatic hydroxyl groups excluding tert-OH is 1. The lowest BCUT2D eigenvalue weighted by molar-refractivity contribution is -0.142. The number of ether oxygens (including phenoxy) is 1. The first kappa shape index (κ1) is 17.6. The maximum atomic E-state index is 12.3. The summed E-state index contributed by atoms with van der Waals surface area (Å²) in [7, 11) is 1.53. The minimum atomic E-state index is -1.32. The number of carbonyl (C=O) groups excluding carboxylic acids is 3. The van der Waals surface area contributed by atoms with Gasteiger partial charge in [-0.05, 0) is 30.7 Å². The Morgan fingerprint density at radius 1 is 1.38 bits per heavy atom. The summed E-state index contributed by atoms with van der Waals surface area (Å²) in [6.45, 7) is 1.73. The van der Waals surface area contributed by atoms with E-state index >= 15 is 0 Å². The first-order valence-corrected chi connectivity index (χ1v) is 7.49. The molecule has 0 radical (unpaired) electrons. The molecule has 24 heavy (non-hydrogen) atoms. The lowest BCUT2D eigenvalue weighted by atomic mass is 9.92. The third-order valence-electron chi connectivity index (χ3n) is 3.68. The van der Waals surface area contributed by atoms with Crippen LogP contribution in [0.25, 0.3) is 6.08 Å². The van der Waals surface area contributed by atoms with E-state index in [2.05, 4.69) is 0 Å². The second-order valence-electron chi connectivity index (χ2n) is 5.40. The molecule has 1 aromatic rings. The van der Waals surface area contributed by atoms with E-state index < -0.39 is 23.4 Å². The minimum absolute atomic E-state index is 0.0924. The van der Waals surface area contributed by atoms with Gasteiger partial charge in [0.15, 0.2) is 17.5 Å². The fourth-order valence-corrected chi connectivity index (χ4v) is 2.28. The zero-order valence-corrected chi connectivity index (χ0v) is 13.6. The number of amides is 1. The van der Waals surface area contributed by atoms with Crippen LogP contribution in [-0.4, -0.2) is 47.7 Å². The van der Waals surface area contributed by atoms with Gasteiger partial charge in [0.2, 0.25) is 5.91 Å². The summed E-state index contributed by atoms with van der Waals surface area (Å²) in [5, 5.41) is 8.75. The number of rotatable bonds is 6. The molecule has 1 unspecified atom stereocenters. The quantitative estimate of drug-likeness (QED) is 0.626.